The van der Waals surface area contributed by atoms with E-state index in [0.29, 0.717) is 5.69 Å². The first-order chi connectivity index (χ1) is 9.49. The molecule has 0 saturated heterocycles. The van der Waals surface area contributed by atoms with Crippen LogP contribution in [0.2, 0.25) is 0 Å². The number of carbonyl (C=O) groups is 1. The second-order valence-corrected chi connectivity index (χ2v) is 4.87. The van der Waals surface area contributed by atoms with Crippen LogP contribution in [-0.2, 0) is 0 Å². The Labute approximate surface area is 118 Å². The Bertz CT molecular complexity index is 636. The van der Waals surface area contributed by atoms with Crippen molar-refractivity contribution < 1.29 is 9.90 Å². The van der Waals surface area contributed by atoms with E-state index < -0.39 is 0 Å². The van der Waals surface area contributed by atoms with Gasteiger partial charge in [-0.25, -0.2) is 0 Å². The number of hydrogen-bond donors (Lipinski definition) is 2. The van der Waals surface area contributed by atoms with Gasteiger partial charge in [-0.1, -0.05) is 18.2 Å². The number of benzene rings is 2. The molecule has 0 aromatic heterocycles. The molecule has 0 spiro atoms. The lowest BCUT2D eigenvalue weighted by molar-refractivity contribution is 0.102. The first kappa shape index (κ1) is 13.9. The van der Waals surface area contributed by atoms with Crippen molar-refractivity contribution in [3.05, 3.63) is 53.6 Å². The monoisotopic (exact) mass is 270 g/mol. The van der Waals surface area contributed by atoms with Crippen LogP contribution in [0.1, 0.15) is 15.9 Å². The van der Waals surface area contributed by atoms with Crippen molar-refractivity contribution in [2.75, 3.05) is 24.3 Å². The number of hydrogen-bond acceptors (Lipinski definition) is 3. The zero-order valence-electron chi connectivity index (χ0n) is 11.8. The average Bonchev–Trinajstić information content (AvgIpc) is 2.41. The van der Waals surface area contributed by atoms with Gasteiger partial charge in [-0.2, -0.15) is 0 Å². The Morgan fingerprint density at radius 3 is 2.50 bits per heavy atom. The third-order valence-corrected chi connectivity index (χ3v) is 3.10. The van der Waals surface area contributed by atoms with Gasteiger partial charge in [-0.15, -0.1) is 0 Å². The molecule has 2 rings (SSSR count). The minimum Gasteiger partial charge on any atom is -0.507 e. The standard InChI is InChI=1S/C16H18N2O2/c1-11-8-9-12(10-14(11)18(2)3)17-16(20)13-6-4-5-7-15(13)19/h4-10,19H,1-3H3,(H,17,20). The number of rotatable bonds is 3. The van der Waals surface area contributed by atoms with Crippen molar-refractivity contribution in [2.24, 2.45) is 0 Å². The number of nitrogens with one attached hydrogen (secondary N) is 1. The van der Waals surface area contributed by atoms with Gasteiger partial charge in [-0.05, 0) is 36.8 Å². The van der Waals surface area contributed by atoms with E-state index in [1.807, 2.05) is 44.1 Å². The second-order valence-electron chi connectivity index (χ2n) is 4.87. The lowest BCUT2D eigenvalue weighted by Crippen LogP contribution is -2.14. The number of carbonyl (C=O) groups excluding carboxylic acids is 1. The first-order valence-electron chi connectivity index (χ1n) is 6.36. The summed E-state index contributed by atoms with van der Waals surface area (Å²) in [6.07, 6.45) is 0. The summed E-state index contributed by atoms with van der Waals surface area (Å²) < 4.78 is 0. The molecule has 0 atom stereocenters. The number of phenolic OH excluding ortho intramolecular Hbond substituents is 1. The van der Waals surface area contributed by atoms with Gasteiger partial charge >= 0.3 is 0 Å². The SMILES string of the molecule is Cc1ccc(NC(=O)c2ccccc2O)cc1N(C)C. The van der Waals surface area contributed by atoms with Gasteiger partial charge in [0.2, 0.25) is 0 Å². The third-order valence-electron chi connectivity index (χ3n) is 3.10. The van der Waals surface area contributed by atoms with Crippen molar-refractivity contribution in [1.82, 2.24) is 0 Å². The van der Waals surface area contributed by atoms with E-state index in [2.05, 4.69) is 5.32 Å². The number of para-hydroxylation sites is 1. The lowest BCUT2D eigenvalue weighted by Gasteiger charge is -2.17. The Balaban J connectivity index is 2.25. The Hall–Kier alpha value is -2.49. The molecule has 1 amide bonds. The molecule has 2 aromatic rings. The zero-order chi connectivity index (χ0) is 14.7. The number of amides is 1. The van der Waals surface area contributed by atoms with Crippen LogP contribution in [0.15, 0.2) is 42.5 Å². The Kier molecular flexibility index (Phi) is 3.94. The van der Waals surface area contributed by atoms with E-state index in [-0.39, 0.29) is 17.2 Å². The zero-order valence-corrected chi connectivity index (χ0v) is 11.8. The van der Waals surface area contributed by atoms with Crippen LogP contribution < -0.4 is 10.2 Å². The molecule has 0 radical (unpaired) electrons. The molecule has 0 heterocycles. The molecule has 0 fully saturated rings. The molecule has 0 saturated carbocycles. The quantitative estimate of drug-likeness (QED) is 0.901. The van der Waals surface area contributed by atoms with Gasteiger partial charge < -0.3 is 15.3 Å². The van der Waals surface area contributed by atoms with Gasteiger partial charge in [-0.3, -0.25) is 4.79 Å². The maximum atomic E-state index is 12.1. The summed E-state index contributed by atoms with van der Waals surface area (Å²) in [6, 6.07) is 12.2. The van der Waals surface area contributed by atoms with Crippen molar-refractivity contribution in [3.63, 3.8) is 0 Å². The smallest absolute Gasteiger partial charge is 0.259 e. The highest BCUT2D eigenvalue weighted by Gasteiger charge is 2.11. The summed E-state index contributed by atoms with van der Waals surface area (Å²) in [5.41, 5.74) is 3.14. The van der Waals surface area contributed by atoms with E-state index >= 15 is 0 Å². The molecule has 4 nitrogen and oxygen atoms in total. The average molecular weight is 270 g/mol. The highest BCUT2D eigenvalue weighted by molar-refractivity contribution is 6.06. The van der Waals surface area contributed by atoms with Gasteiger partial charge in [0, 0.05) is 25.5 Å². The summed E-state index contributed by atoms with van der Waals surface area (Å²) in [6.45, 7) is 2.02. The minimum absolute atomic E-state index is 0.0232. The van der Waals surface area contributed by atoms with Crippen molar-refractivity contribution in [1.29, 1.82) is 0 Å². The first-order valence-corrected chi connectivity index (χ1v) is 6.36. The molecule has 0 aliphatic heterocycles. The van der Waals surface area contributed by atoms with Crippen LogP contribution in [0, 0.1) is 6.92 Å². The van der Waals surface area contributed by atoms with E-state index in [1.165, 1.54) is 6.07 Å². The highest BCUT2D eigenvalue weighted by Crippen LogP contribution is 2.24. The van der Waals surface area contributed by atoms with Crippen LogP contribution in [0.3, 0.4) is 0 Å². The molecule has 0 aliphatic rings. The van der Waals surface area contributed by atoms with E-state index in [9.17, 15) is 9.90 Å². The lowest BCUT2D eigenvalue weighted by atomic mass is 10.1. The Morgan fingerprint density at radius 1 is 1.15 bits per heavy atom. The molecular weight excluding hydrogens is 252 g/mol. The molecule has 0 aliphatic carbocycles. The van der Waals surface area contributed by atoms with Crippen LogP contribution in [0.4, 0.5) is 11.4 Å². The van der Waals surface area contributed by atoms with E-state index in [4.69, 9.17) is 0 Å². The summed E-state index contributed by atoms with van der Waals surface area (Å²) in [5.74, 6) is -0.346. The van der Waals surface area contributed by atoms with Gasteiger partial charge in [0.15, 0.2) is 0 Å². The van der Waals surface area contributed by atoms with Crippen molar-refractivity contribution >= 4 is 17.3 Å². The highest BCUT2D eigenvalue weighted by atomic mass is 16.3. The number of nitrogens with zero attached hydrogens (tertiary/aromatic N) is 1. The van der Waals surface area contributed by atoms with Crippen LogP contribution >= 0.6 is 0 Å². The summed E-state index contributed by atoms with van der Waals surface area (Å²) in [5, 5.41) is 12.5. The van der Waals surface area contributed by atoms with Gasteiger partial charge in [0.1, 0.15) is 5.75 Å². The van der Waals surface area contributed by atoms with Gasteiger partial charge in [0.05, 0.1) is 5.56 Å². The topological polar surface area (TPSA) is 52.6 Å². The van der Waals surface area contributed by atoms with Crippen LogP contribution in [-0.4, -0.2) is 25.1 Å². The fourth-order valence-electron chi connectivity index (χ4n) is 2.03. The fraction of sp³-hybridized carbons (Fsp3) is 0.188. The number of phenols is 1. The normalized spacial score (nSPS) is 10.2. The Morgan fingerprint density at radius 2 is 1.85 bits per heavy atom. The molecule has 2 aromatic carbocycles. The molecular formula is C16H18N2O2. The predicted molar refractivity (Wildman–Crippen MR) is 81.6 cm³/mol. The molecule has 2 N–H and O–H groups in total. The molecule has 20 heavy (non-hydrogen) atoms. The summed E-state index contributed by atoms with van der Waals surface area (Å²) in [4.78, 5) is 14.1. The number of aryl methyl sites for hydroxylation is 1. The third kappa shape index (κ3) is 2.91. The minimum atomic E-state index is -0.323. The molecule has 0 unspecified atom stereocenters. The maximum absolute atomic E-state index is 12.1. The fourth-order valence-corrected chi connectivity index (χ4v) is 2.03. The predicted octanol–water partition coefficient (Wildman–Crippen LogP) is 3.02. The molecule has 0 bridgehead atoms. The van der Waals surface area contributed by atoms with Crippen LogP contribution in [0.25, 0.3) is 0 Å². The molecule has 104 valence electrons. The summed E-state index contributed by atoms with van der Waals surface area (Å²) in [7, 11) is 3.91. The van der Waals surface area contributed by atoms with Crippen molar-refractivity contribution in [3.8, 4) is 5.75 Å². The second kappa shape index (κ2) is 5.65. The maximum Gasteiger partial charge on any atom is 0.259 e. The van der Waals surface area contributed by atoms with Gasteiger partial charge in [0.25, 0.3) is 5.91 Å². The molecule has 4 heteroatoms. The largest absolute Gasteiger partial charge is 0.507 e. The van der Waals surface area contributed by atoms with Crippen LogP contribution in [0.5, 0.6) is 5.75 Å². The van der Waals surface area contributed by atoms with Crippen molar-refractivity contribution in [2.45, 2.75) is 6.92 Å². The number of aromatic hydroxyl groups is 1. The van der Waals surface area contributed by atoms with E-state index in [0.717, 1.165) is 11.3 Å². The number of anilines is 2. The summed E-state index contributed by atoms with van der Waals surface area (Å²) >= 11 is 0. The van der Waals surface area contributed by atoms with E-state index in [1.54, 1.807) is 18.2 Å².